The summed E-state index contributed by atoms with van der Waals surface area (Å²) >= 11 is 0. The van der Waals surface area contributed by atoms with Gasteiger partial charge in [0.2, 0.25) is 0 Å². The molecule has 0 atom stereocenters. The quantitative estimate of drug-likeness (QED) is 0.149. The number of benzene rings is 10. The Labute approximate surface area is 357 Å². The zero-order valence-electron chi connectivity index (χ0n) is 37.6. The molecule has 1 heterocycles. The third-order valence-electron chi connectivity index (χ3n) is 11.5. The Kier molecular flexibility index (Phi) is 7.59. The molecule has 282 valence electrons. The maximum atomic E-state index is 8.64. The second kappa shape index (κ2) is 15.1. The maximum absolute atomic E-state index is 8.64. The van der Waals surface area contributed by atoms with Gasteiger partial charge in [-0.15, -0.1) is 0 Å². The number of anilines is 3. The van der Waals surface area contributed by atoms with E-state index in [-0.39, 0.29) is 29.7 Å². The van der Waals surface area contributed by atoms with Crippen LogP contribution in [0.2, 0.25) is 0 Å². The van der Waals surface area contributed by atoms with Crippen LogP contribution in [0.5, 0.6) is 0 Å². The summed E-state index contributed by atoms with van der Waals surface area (Å²) in [5, 5.41) is 4.80. The summed E-state index contributed by atoms with van der Waals surface area (Å²) < 4.78 is 44.3. The van der Waals surface area contributed by atoms with Crippen LogP contribution in [-0.2, 0) is 0 Å². The van der Waals surface area contributed by atoms with Crippen molar-refractivity contribution in [3.8, 4) is 50.2 Å². The number of rotatable bonds is 8. The molecule has 0 amide bonds. The monoisotopic (exact) mass is 769 g/mol. The first-order valence-electron chi connectivity index (χ1n) is 22.7. The highest BCUT2D eigenvalue weighted by molar-refractivity contribution is 6.16. The van der Waals surface area contributed by atoms with Crippen LogP contribution in [-0.4, -0.2) is 4.57 Å². The summed E-state index contributed by atoms with van der Waals surface area (Å²) in [6, 6.07) is 72.4. The summed E-state index contributed by atoms with van der Waals surface area (Å²) in [6.45, 7) is 0. The van der Waals surface area contributed by atoms with Crippen LogP contribution in [0.15, 0.2) is 243 Å². The molecule has 0 saturated carbocycles. The Morgan fingerprint density at radius 1 is 0.350 bits per heavy atom. The Morgan fingerprint density at radius 2 is 0.900 bits per heavy atom. The lowest BCUT2D eigenvalue weighted by atomic mass is 9.96. The van der Waals surface area contributed by atoms with Crippen LogP contribution < -0.4 is 4.90 Å². The van der Waals surface area contributed by atoms with Crippen molar-refractivity contribution in [3.05, 3.63) is 243 Å². The molecule has 2 nitrogen and oxygen atoms in total. The van der Waals surface area contributed by atoms with Gasteiger partial charge in [-0.05, 0) is 116 Å². The van der Waals surface area contributed by atoms with E-state index in [4.69, 9.17) is 6.85 Å². The second-order valence-electron chi connectivity index (χ2n) is 15.0. The van der Waals surface area contributed by atoms with Gasteiger partial charge < -0.3 is 9.47 Å². The van der Waals surface area contributed by atoms with E-state index in [1.165, 1.54) is 32.7 Å². The predicted octanol–water partition coefficient (Wildman–Crippen LogP) is 16.1. The lowest BCUT2D eigenvalue weighted by Crippen LogP contribution is -2.10. The number of aromatic nitrogens is 1. The lowest BCUT2D eigenvalue weighted by molar-refractivity contribution is 1.18. The summed E-state index contributed by atoms with van der Waals surface area (Å²) in [7, 11) is 0. The number of nitrogens with zero attached hydrogens (tertiary/aromatic N) is 2. The average Bonchev–Trinajstić information content (AvgIpc) is 3.71. The van der Waals surface area contributed by atoms with Crippen molar-refractivity contribution in [2.45, 2.75) is 0 Å². The number of fused-ring (bicyclic) bond motifs is 4. The molecule has 2 heteroatoms. The average molecular weight is 770 g/mol. The van der Waals surface area contributed by atoms with E-state index < -0.39 is 6.04 Å². The molecule has 0 spiro atoms. The highest BCUT2D eigenvalue weighted by atomic mass is 15.1. The van der Waals surface area contributed by atoms with Gasteiger partial charge in [-0.3, -0.25) is 0 Å². The van der Waals surface area contributed by atoms with Crippen molar-refractivity contribution >= 4 is 49.6 Å². The van der Waals surface area contributed by atoms with Crippen LogP contribution in [0.3, 0.4) is 0 Å². The van der Waals surface area contributed by atoms with E-state index in [1.54, 1.807) is 0 Å². The fourth-order valence-corrected chi connectivity index (χ4v) is 8.67. The second-order valence-corrected chi connectivity index (χ2v) is 15.0. The Hall–Kier alpha value is -7.94. The van der Waals surface area contributed by atoms with Gasteiger partial charge in [-0.25, -0.2) is 0 Å². The molecule has 60 heavy (non-hydrogen) atoms. The first-order valence-corrected chi connectivity index (χ1v) is 20.2. The van der Waals surface area contributed by atoms with E-state index in [1.807, 2.05) is 30.3 Å². The van der Waals surface area contributed by atoms with E-state index in [0.29, 0.717) is 5.56 Å². The van der Waals surface area contributed by atoms with Gasteiger partial charge in [-0.2, -0.15) is 0 Å². The van der Waals surface area contributed by atoms with Gasteiger partial charge in [0.1, 0.15) is 0 Å². The van der Waals surface area contributed by atoms with Crippen molar-refractivity contribution in [2.24, 2.45) is 0 Å². The van der Waals surface area contributed by atoms with Gasteiger partial charge in [0.25, 0.3) is 0 Å². The highest BCUT2D eigenvalue weighted by Crippen LogP contribution is 2.42. The standard InChI is InChI=1S/C58H40N2/c1-3-14-41(15-4-1)43-32-36-49(37-33-43)59(50-38-34-44(35-39-50)42-28-30-46(31-29-42)53-24-12-17-45-16-7-8-22-52(45)53)51-21-11-18-47(40-51)54-25-13-27-57-58(54)55-23-9-10-26-56(55)60(57)48-19-5-2-6-20-48/h1-40H/i1D,3D,4D,14D,15D. The zero-order valence-corrected chi connectivity index (χ0v) is 32.6. The van der Waals surface area contributed by atoms with Crippen molar-refractivity contribution in [3.63, 3.8) is 0 Å². The van der Waals surface area contributed by atoms with Gasteiger partial charge in [0, 0.05) is 33.5 Å². The minimum atomic E-state index is -0.407. The van der Waals surface area contributed by atoms with Crippen LogP contribution in [0.25, 0.3) is 82.8 Å². The van der Waals surface area contributed by atoms with Crippen molar-refractivity contribution in [1.82, 2.24) is 4.57 Å². The minimum absolute atomic E-state index is 0.176. The maximum Gasteiger partial charge on any atom is 0.0629 e. The van der Waals surface area contributed by atoms with Gasteiger partial charge in [0.05, 0.1) is 17.9 Å². The predicted molar refractivity (Wildman–Crippen MR) is 255 cm³/mol. The van der Waals surface area contributed by atoms with Crippen molar-refractivity contribution in [2.75, 3.05) is 4.90 Å². The van der Waals surface area contributed by atoms with Crippen LogP contribution in [0, 0.1) is 0 Å². The molecular weight excluding hydrogens is 725 g/mol. The Bertz CT molecular complexity index is 3550. The molecule has 0 bridgehead atoms. The van der Waals surface area contributed by atoms with Gasteiger partial charge in [-0.1, -0.05) is 182 Å². The Morgan fingerprint density at radius 3 is 1.65 bits per heavy atom. The molecule has 0 aliphatic carbocycles. The van der Waals surface area contributed by atoms with Crippen LogP contribution >= 0.6 is 0 Å². The van der Waals surface area contributed by atoms with Crippen molar-refractivity contribution in [1.29, 1.82) is 0 Å². The van der Waals surface area contributed by atoms with Crippen LogP contribution in [0.1, 0.15) is 6.85 Å². The number of hydrogen-bond acceptors (Lipinski definition) is 1. The van der Waals surface area contributed by atoms with E-state index >= 15 is 0 Å². The smallest absolute Gasteiger partial charge is 0.0629 e. The minimum Gasteiger partial charge on any atom is -0.310 e. The van der Waals surface area contributed by atoms with Gasteiger partial charge in [0.15, 0.2) is 0 Å². The Balaban J connectivity index is 1.02. The molecule has 11 aromatic rings. The molecule has 0 fully saturated rings. The largest absolute Gasteiger partial charge is 0.310 e. The summed E-state index contributed by atoms with van der Waals surface area (Å²) in [4.78, 5) is 2.20. The molecule has 0 unspecified atom stereocenters. The fourth-order valence-electron chi connectivity index (χ4n) is 8.67. The zero-order chi connectivity index (χ0) is 44.2. The molecule has 0 radical (unpaired) electrons. The van der Waals surface area contributed by atoms with Crippen molar-refractivity contribution < 1.29 is 6.85 Å². The third-order valence-corrected chi connectivity index (χ3v) is 11.5. The SMILES string of the molecule is [2H]c1c([2H])c([2H])c(-c2ccc(N(c3ccc(-c4ccc(-c5cccc6ccccc56)cc4)cc3)c3cccc(-c4cccc5c4c4ccccc4n5-c4ccccc4)c3)cc2)c([2H])c1[2H]. The molecule has 10 aromatic carbocycles. The normalized spacial score (nSPS) is 12.5. The first kappa shape index (κ1) is 30.2. The van der Waals surface area contributed by atoms with E-state index in [2.05, 4.69) is 191 Å². The molecule has 11 rings (SSSR count). The first-order chi connectivity index (χ1) is 31.8. The van der Waals surface area contributed by atoms with Crippen LogP contribution in [0.4, 0.5) is 17.1 Å². The molecule has 0 aliphatic heterocycles. The number of hydrogen-bond donors (Lipinski definition) is 0. The molecule has 0 aliphatic rings. The van der Waals surface area contributed by atoms with E-state index in [0.717, 1.165) is 56.0 Å². The summed E-state index contributed by atoms with van der Waals surface area (Å²) in [6.07, 6.45) is 0. The summed E-state index contributed by atoms with van der Waals surface area (Å²) in [5.74, 6) is 0. The molecule has 0 N–H and O–H groups in total. The third kappa shape index (κ3) is 6.32. The topological polar surface area (TPSA) is 8.17 Å². The van der Waals surface area contributed by atoms with Gasteiger partial charge >= 0.3 is 0 Å². The molecule has 0 saturated heterocycles. The number of para-hydroxylation sites is 2. The highest BCUT2D eigenvalue weighted by Gasteiger charge is 2.18. The lowest BCUT2D eigenvalue weighted by Gasteiger charge is -2.26. The summed E-state index contributed by atoms with van der Waals surface area (Å²) in [5.41, 5.74) is 13.6. The van der Waals surface area contributed by atoms with E-state index in [9.17, 15) is 0 Å². The molecule has 1 aromatic heterocycles. The molecular formula is C58H40N2. The fraction of sp³-hybridized carbons (Fsp3) is 0.